The van der Waals surface area contributed by atoms with E-state index in [4.69, 9.17) is 5.26 Å². The third-order valence-electron chi connectivity index (χ3n) is 3.57. The number of amides is 1. The first kappa shape index (κ1) is 11.4. The van der Waals surface area contributed by atoms with Gasteiger partial charge in [0.15, 0.2) is 0 Å². The number of hydrogen-bond acceptors (Lipinski definition) is 3. The van der Waals surface area contributed by atoms with E-state index >= 15 is 0 Å². The molecule has 0 spiro atoms. The van der Waals surface area contributed by atoms with Gasteiger partial charge in [0.2, 0.25) is 5.91 Å². The van der Waals surface area contributed by atoms with Crippen LogP contribution in [0.25, 0.3) is 0 Å². The number of nitriles is 1. The molecule has 2 rings (SSSR count). The molecule has 4 heteroatoms. The Hall–Kier alpha value is -1.08. The van der Waals surface area contributed by atoms with Crippen molar-refractivity contribution in [1.82, 2.24) is 9.80 Å². The van der Waals surface area contributed by atoms with Gasteiger partial charge >= 0.3 is 0 Å². The van der Waals surface area contributed by atoms with Crippen molar-refractivity contribution in [2.75, 3.05) is 19.6 Å². The summed E-state index contributed by atoms with van der Waals surface area (Å²) >= 11 is 0. The minimum atomic E-state index is 0.186. The summed E-state index contributed by atoms with van der Waals surface area (Å²) in [5, 5.41) is 8.74. The second-order valence-corrected chi connectivity index (χ2v) is 4.83. The first-order valence-electron chi connectivity index (χ1n) is 6.10. The van der Waals surface area contributed by atoms with Crippen LogP contribution in [-0.2, 0) is 4.79 Å². The first-order valence-corrected chi connectivity index (χ1v) is 6.10. The van der Waals surface area contributed by atoms with E-state index in [1.165, 1.54) is 0 Å². The van der Waals surface area contributed by atoms with Gasteiger partial charge < -0.3 is 4.90 Å². The highest BCUT2D eigenvalue weighted by Gasteiger charge is 2.34. The summed E-state index contributed by atoms with van der Waals surface area (Å²) in [4.78, 5) is 15.7. The van der Waals surface area contributed by atoms with E-state index in [1.807, 2.05) is 4.90 Å². The van der Waals surface area contributed by atoms with Crippen LogP contribution in [0.15, 0.2) is 0 Å². The molecule has 0 aromatic rings. The van der Waals surface area contributed by atoms with E-state index in [-0.39, 0.29) is 5.91 Å². The van der Waals surface area contributed by atoms with Gasteiger partial charge in [0, 0.05) is 25.6 Å². The van der Waals surface area contributed by atoms with Gasteiger partial charge in [0.1, 0.15) is 0 Å². The number of hydrogen-bond donors (Lipinski definition) is 0. The quantitative estimate of drug-likeness (QED) is 0.665. The molecule has 0 N–H and O–H groups in total. The summed E-state index contributed by atoms with van der Waals surface area (Å²) in [5.74, 6) is 0.186. The molecule has 2 fully saturated rings. The van der Waals surface area contributed by atoms with Crippen molar-refractivity contribution >= 4 is 5.91 Å². The molecular formula is C12H19N3O. The summed E-state index contributed by atoms with van der Waals surface area (Å²) in [6.45, 7) is 3.99. The molecule has 1 amide bonds. The van der Waals surface area contributed by atoms with Crippen LogP contribution in [0, 0.1) is 11.3 Å². The predicted octanol–water partition coefficient (Wildman–Crippen LogP) is 0.985. The third-order valence-corrected chi connectivity index (χ3v) is 3.57. The van der Waals surface area contributed by atoms with Gasteiger partial charge in [-0.2, -0.15) is 5.26 Å². The summed E-state index contributed by atoms with van der Waals surface area (Å²) in [7, 11) is 0. The highest BCUT2D eigenvalue weighted by molar-refractivity contribution is 5.74. The van der Waals surface area contributed by atoms with Crippen LogP contribution in [0.5, 0.6) is 0 Å². The molecule has 1 atom stereocenters. The Balaban J connectivity index is 1.91. The van der Waals surface area contributed by atoms with E-state index in [0.29, 0.717) is 18.6 Å². The van der Waals surface area contributed by atoms with Crippen molar-refractivity contribution < 1.29 is 4.79 Å². The van der Waals surface area contributed by atoms with E-state index in [0.717, 1.165) is 38.8 Å². The first-order chi connectivity index (χ1) is 7.72. The van der Waals surface area contributed by atoms with Crippen LogP contribution in [0.2, 0.25) is 0 Å². The Morgan fingerprint density at radius 3 is 2.81 bits per heavy atom. The molecule has 0 aromatic carbocycles. The van der Waals surface area contributed by atoms with Crippen LogP contribution in [0.3, 0.4) is 0 Å². The minimum absolute atomic E-state index is 0.186. The van der Waals surface area contributed by atoms with Gasteiger partial charge in [0.05, 0.1) is 12.6 Å². The number of nitrogens with zero attached hydrogens (tertiary/aromatic N) is 3. The summed E-state index contributed by atoms with van der Waals surface area (Å²) in [6, 6.07) is 3.10. The lowest BCUT2D eigenvalue weighted by Crippen LogP contribution is -2.43. The zero-order chi connectivity index (χ0) is 11.5. The predicted molar refractivity (Wildman–Crippen MR) is 60.6 cm³/mol. The van der Waals surface area contributed by atoms with Gasteiger partial charge in [-0.15, -0.1) is 0 Å². The van der Waals surface area contributed by atoms with Crippen LogP contribution in [0.4, 0.5) is 0 Å². The van der Waals surface area contributed by atoms with Crippen molar-refractivity contribution in [1.29, 1.82) is 5.26 Å². The Morgan fingerprint density at radius 2 is 2.25 bits per heavy atom. The lowest BCUT2D eigenvalue weighted by Gasteiger charge is -2.29. The van der Waals surface area contributed by atoms with Crippen LogP contribution < -0.4 is 0 Å². The number of rotatable bonds is 4. The number of likely N-dealkylation sites (tertiary alicyclic amines) is 1. The highest BCUT2D eigenvalue weighted by atomic mass is 16.2. The Morgan fingerprint density at radius 1 is 1.50 bits per heavy atom. The average Bonchev–Trinajstić information content (AvgIpc) is 2.98. The van der Waals surface area contributed by atoms with E-state index < -0.39 is 0 Å². The van der Waals surface area contributed by atoms with Gasteiger partial charge in [-0.3, -0.25) is 9.69 Å². The molecule has 0 unspecified atom stereocenters. The normalized spacial score (nSPS) is 25.4. The monoisotopic (exact) mass is 221 g/mol. The second kappa shape index (κ2) is 4.84. The van der Waals surface area contributed by atoms with Gasteiger partial charge in [0.25, 0.3) is 0 Å². The van der Waals surface area contributed by atoms with Crippen molar-refractivity contribution in [3.8, 4) is 6.07 Å². The fourth-order valence-corrected chi connectivity index (χ4v) is 2.55. The Labute approximate surface area is 96.8 Å². The molecule has 2 aliphatic rings. The molecular weight excluding hydrogens is 202 g/mol. The number of carbonyl (C=O) groups excluding carboxylic acids is 1. The largest absolute Gasteiger partial charge is 0.338 e. The van der Waals surface area contributed by atoms with Crippen molar-refractivity contribution in [3.63, 3.8) is 0 Å². The fraction of sp³-hybridized carbons (Fsp3) is 0.833. The molecule has 16 heavy (non-hydrogen) atoms. The molecule has 4 nitrogen and oxygen atoms in total. The standard InChI is InChI=1S/C12H19N3O/c1-10(16)15(11-4-5-11)9-12-3-2-7-14(12)8-6-13/h11-12H,2-5,7-9H2,1H3/t12-/m0/s1. The van der Waals surface area contributed by atoms with Gasteiger partial charge in [-0.05, 0) is 32.2 Å². The zero-order valence-corrected chi connectivity index (χ0v) is 9.85. The lowest BCUT2D eigenvalue weighted by molar-refractivity contribution is -0.130. The van der Waals surface area contributed by atoms with Crippen LogP contribution in [-0.4, -0.2) is 47.4 Å². The maximum Gasteiger partial charge on any atom is 0.219 e. The molecule has 1 heterocycles. The molecule has 0 aromatic heterocycles. The Bertz CT molecular complexity index is 306. The van der Waals surface area contributed by atoms with Gasteiger partial charge in [-0.1, -0.05) is 0 Å². The second-order valence-electron chi connectivity index (χ2n) is 4.83. The molecule has 0 radical (unpaired) electrons. The lowest BCUT2D eigenvalue weighted by atomic mass is 10.2. The van der Waals surface area contributed by atoms with Crippen LogP contribution >= 0.6 is 0 Å². The maximum absolute atomic E-state index is 11.5. The molecule has 1 aliphatic heterocycles. The fourth-order valence-electron chi connectivity index (χ4n) is 2.55. The van der Waals surface area contributed by atoms with Crippen molar-refractivity contribution in [2.45, 2.75) is 44.7 Å². The van der Waals surface area contributed by atoms with Crippen molar-refractivity contribution in [2.24, 2.45) is 0 Å². The molecule has 1 saturated heterocycles. The highest BCUT2D eigenvalue weighted by Crippen LogP contribution is 2.29. The number of carbonyl (C=O) groups is 1. The zero-order valence-electron chi connectivity index (χ0n) is 9.85. The van der Waals surface area contributed by atoms with Gasteiger partial charge in [-0.25, -0.2) is 0 Å². The summed E-state index contributed by atoms with van der Waals surface area (Å²) in [5.41, 5.74) is 0. The molecule has 88 valence electrons. The minimum Gasteiger partial charge on any atom is -0.338 e. The Kier molecular flexibility index (Phi) is 3.45. The van der Waals surface area contributed by atoms with Crippen LogP contribution in [0.1, 0.15) is 32.6 Å². The summed E-state index contributed by atoms with van der Waals surface area (Å²) in [6.07, 6.45) is 4.59. The summed E-state index contributed by atoms with van der Waals surface area (Å²) < 4.78 is 0. The van der Waals surface area contributed by atoms with E-state index in [2.05, 4.69) is 11.0 Å². The smallest absolute Gasteiger partial charge is 0.219 e. The van der Waals surface area contributed by atoms with E-state index in [1.54, 1.807) is 6.92 Å². The molecule has 1 saturated carbocycles. The molecule has 1 aliphatic carbocycles. The third kappa shape index (κ3) is 2.53. The average molecular weight is 221 g/mol. The SMILES string of the molecule is CC(=O)N(C[C@@H]1CCCN1CC#N)C1CC1. The maximum atomic E-state index is 11.5. The topological polar surface area (TPSA) is 47.3 Å². The van der Waals surface area contributed by atoms with E-state index in [9.17, 15) is 4.79 Å². The molecule has 0 bridgehead atoms. The van der Waals surface area contributed by atoms with Crippen molar-refractivity contribution in [3.05, 3.63) is 0 Å².